The van der Waals surface area contributed by atoms with Gasteiger partial charge in [0.15, 0.2) is 0 Å². The number of aromatic nitrogens is 4. The van der Waals surface area contributed by atoms with Crippen molar-refractivity contribution in [3.8, 4) is 11.4 Å². The second kappa shape index (κ2) is 8.87. The molecule has 30 heavy (non-hydrogen) atoms. The molecule has 1 unspecified atom stereocenters. The summed E-state index contributed by atoms with van der Waals surface area (Å²) in [6.07, 6.45) is 3.14. The summed E-state index contributed by atoms with van der Waals surface area (Å²) in [6.45, 7) is 4.29. The molecular weight excluding hydrogens is 398 g/mol. The summed E-state index contributed by atoms with van der Waals surface area (Å²) in [5.74, 6) is 0.482. The smallest absolute Gasteiger partial charge is 0.251 e. The molecule has 152 valence electrons. The first-order chi connectivity index (χ1) is 14.6. The fraction of sp³-hybridized carbons (Fsp3) is 0.182. The Bertz CT molecular complexity index is 1120. The number of nitrogens with one attached hydrogen (secondary N) is 1. The summed E-state index contributed by atoms with van der Waals surface area (Å²) in [4.78, 5) is 21.0. The topological polar surface area (TPSA) is 81.9 Å². The Balaban J connectivity index is 1.38. The number of carbonyl (C=O) groups excluding carboxylic acids is 1. The number of hydrogen-bond acceptors (Lipinski definition) is 6. The van der Waals surface area contributed by atoms with E-state index in [9.17, 15) is 4.79 Å². The second-order valence-electron chi connectivity index (χ2n) is 6.80. The number of carbonyl (C=O) groups is 1. The Morgan fingerprint density at radius 3 is 2.77 bits per heavy atom. The van der Waals surface area contributed by atoms with E-state index in [1.54, 1.807) is 34.5 Å². The van der Waals surface area contributed by atoms with E-state index in [1.807, 2.05) is 55.6 Å². The van der Waals surface area contributed by atoms with Crippen LogP contribution in [0, 0.1) is 6.92 Å². The van der Waals surface area contributed by atoms with E-state index in [2.05, 4.69) is 20.4 Å². The third kappa shape index (κ3) is 4.72. The van der Waals surface area contributed by atoms with Gasteiger partial charge in [0.2, 0.25) is 0 Å². The molecule has 0 saturated heterocycles. The first-order valence-electron chi connectivity index (χ1n) is 9.48. The summed E-state index contributed by atoms with van der Waals surface area (Å²) in [5, 5.41) is 10.1. The van der Waals surface area contributed by atoms with E-state index in [0.29, 0.717) is 17.9 Å². The van der Waals surface area contributed by atoms with Crippen LogP contribution in [0.15, 0.2) is 66.6 Å². The monoisotopic (exact) mass is 419 g/mol. The van der Waals surface area contributed by atoms with Crippen molar-refractivity contribution >= 4 is 17.2 Å². The third-order valence-electron chi connectivity index (χ3n) is 4.57. The lowest BCUT2D eigenvalue weighted by Gasteiger charge is -2.15. The van der Waals surface area contributed by atoms with Gasteiger partial charge in [0.1, 0.15) is 25.0 Å². The molecule has 0 spiro atoms. The zero-order chi connectivity index (χ0) is 20.9. The molecule has 0 aliphatic heterocycles. The first-order valence-corrected chi connectivity index (χ1v) is 10.4. The van der Waals surface area contributed by atoms with Crippen molar-refractivity contribution in [2.75, 3.05) is 0 Å². The van der Waals surface area contributed by atoms with Crippen molar-refractivity contribution in [1.29, 1.82) is 0 Å². The van der Waals surface area contributed by atoms with Gasteiger partial charge in [-0.15, -0.1) is 11.3 Å². The molecule has 0 fully saturated rings. The largest absolute Gasteiger partial charge is 0.487 e. The number of hydrogen-bond donors (Lipinski definition) is 1. The summed E-state index contributed by atoms with van der Waals surface area (Å²) in [6, 6.07) is 14.9. The first kappa shape index (κ1) is 19.8. The highest BCUT2D eigenvalue weighted by Gasteiger charge is 2.13. The lowest BCUT2D eigenvalue weighted by Crippen LogP contribution is -2.26. The fourth-order valence-electron chi connectivity index (χ4n) is 2.98. The van der Waals surface area contributed by atoms with Gasteiger partial charge in [0, 0.05) is 10.9 Å². The van der Waals surface area contributed by atoms with Crippen molar-refractivity contribution < 1.29 is 9.53 Å². The molecule has 2 aromatic heterocycles. The maximum atomic E-state index is 12.7. The van der Waals surface area contributed by atoms with Crippen LogP contribution in [0.4, 0.5) is 0 Å². The highest BCUT2D eigenvalue weighted by molar-refractivity contribution is 7.09. The van der Waals surface area contributed by atoms with E-state index >= 15 is 0 Å². The van der Waals surface area contributed by atoms with Crippen LogP contribution in [0.5, 0.6) is 5.75 Å². The molecule has 0 aliphatic carbocycles. The van der Waals surface area contributed by atoms with Crippen LogP contribution in [0.3, 0.4) is 0 Å². The van der Waals surface area contributed by atoms with Gasteiger partial charge in [-0.25, -0.2) is 14.6 Å². The van der Waals surface area contributed by atoms with Crippen LogP contribution in [0.1, 0.15) is 39.6 Å². The molecule has 2 heterocycles. The van der Waals surface area contributed by atoms with E-state index in [1.165, 1.54) is 6.33 Å². The number of ether oxygens (including phenoxy) is 1. The van der Waals surface area contributed by atoms with Crippen molar-refractivity contribution in [2.45, 2.75) is 26.5 Å². The van der Waals surface area contributed by atoms with E-state index in [-0.39, 0.29) is 11.9 Å². The molecule has 4 rings (SSSR count). The van der Waals surface area contributed by atoms with Gasteiger partial charge in [-0.3, -0.25) is 4.79 Å². The Morgan fingerprint density at radius 1 is 1.23 bits per heavy atom. The molecule has 0 saturated carbocycles. The summed E-state index contributed by atoms with van der Waals surface area (Å²) in [7, 11) is 0. The number of rotatable bonds is 7. The van der Waals surface area contributed by atoms with Crippen molar-refractivity contribution in [1.82, 2.24) is 25.1 Å². The third-order valence-corrected chi connectivity index (χ3v) is 5.40. The van der Waals surface area contributed by atoms with Crippen LogP contribution in [-0.4, -0.2) is 25.7 Å². The maximum Gasteiger partial charge on any atom is 0.251 e. The minimum absolute atomic E-state index is 0.148. The van der Waals surface area contributed by atoms with Gasteiger partial charge < -0.3 is 10.1 Å². The predicted octanol–water partition coefficient (Wildman–Crippen LogP) is 4.10. The summed E-state index contributed by atoms with van der Waals surface area (Å²) < 4.78 is 7.47. The Kier molecular flexibility index (Phi) is 5.85. The van der Waals surface area contributed by atoms with Gasteiger partial charge in [0.25, 0.3) is 5.91 Å². The molecule has 0 radical (unpaired) electrons. The number of thiazole rings is 1. The van der Waals surface area contributed by atoms with Crippen molar-refractivity contribution in [2.24, 2.45) is 0 Å². The highest BCUT2D eigenvalue weighted by atomic mass is 32.1. The highest BCUT2D eigenvalue weighted by Crippen LogP contribution is 2.19. The molecule has 4 aromatic rings. The van der Waals surface area contributed by atoms with Gasteiger partial charge >= 0.3 is 0 Å². The second-order valence-corrected chi connectivity index (χ2v) is 7.86. The number of benzene rings is 2. The lowest BCUT2D eigenvalue weighted by atomic mass is 10.1. The fourth-order valence-corrected chi connectivity index (χ4v) is 3.58. The SMILES string of the molecule is Cc1nc(COc2cccc(C(=O)NC(C)c3ccc(-n4cncn4)cc3)c2)cs1. The average molecular weight is 420 g/mol. The normalized spacial score (nSPS) is 11.8. The van der Waals surface area contributed by atoms with Crippen molar-refractivity contribution in [3.05, 3.63) is 88.4 Å². The Morgan fingerprint density at radius 2 is 2.07 bits per heavy atom. The standard InChI is InChI=1S/C22H21N5O2S/c1-15(17-6-8-20(9-7-17)27-14-23-13-24-27)25-22(28)18-4-3-5-21(10-18)29-11-19-12-30-16(2)26-19/h3-10,12-15H,11H2,1-2H3,(H,25,28). The molecular formula is C22H21N5O2S. The maximum absolute atomic E-state index is 12.7. The molecule has 0 aliphatic rings. The van der Waals surface area contributed by atoms with Gasteiger partial charge in [0.05, 0.1) is 22.4 Å². The number of amides is 1. The minimum atomic E-state index is -0.155. The number of aryl methyl sites for hydroxylation is 1. The molecule has 0 bridgehead atoms. The van der Waals surface area contributed by atoms with Crippen molar-refractivity contribution in [3.63, 3.8) is 0 Å². The Labute approximate surface area is 178 Å². The predicted molar refractivity (Wildman–Crippen MR) is 115 cm³/mol. The van der Waals surface area contributed by atoms with E-state index < -0.39 is 0 Å². The van der Waals surface area contributed by atoms with Crippen LogP contribution < -0.4 is 10.1 Å². The van der Waals surface area contributed by atoms with E-state index in [4.69, 9.17) is 4.74 Å². The average Bonchev–Trinajstić information content (AvgIpc) is 3.44. The molecule has 7 nitrogen and oxygen atoms in total. The minimum Gasteiger partial charge on any atom is -0.487 e. The zero-order valence-corrected chi connectivity index (χ0v) is 17.5. The molecule has 1 amide bonds. The molecule has 8 heteroatoms. The van der Waals surface area contributed by atoms with Crippen LogP contribution in [0.25, 0.3) is 5.69 Å². The van der Waals surface area contributed by atoms with Gasteiger partial charge in [-0.2, -0.15) is 5.10 Å². The lowest BCUT2D eigenvalue weighted by molar-refractivity contribution is 0.0939. The van der Waals surface area contributed by atoms with Crippen LogP contribution >= 0.6 is 11.3 Å². The summed E-state index contributed by atoms with van der Waals surface area (Å²) in [5.41, 5.74) is 3.34. The van der Waals surface area contributed by atoms with Gasteiger partial charge in [-0.05, 0) is 49.7 Å². The summed E-state index contributed by atoms with van der Waals surface area (Å²) >= 11 is 1.59. The zero-order valence-electron chi connectivity index (χ0n) is 16.6. The van der Waals surface area contributed by atoms with Gasteiger partial charge in [-0.1, -0.05) is 18.2 Å². The molecule has 1 N–H and O–H groups in total. The molecule has 2 aromatic carbocycles. The van der Waals surface area contributed by atoms with E-state index in [0.717, 1.165) is 22.0 Å². The quantitative estimate of drug-likeness (QED) is 0.488. The number of nitrogens with zero attached hydrogens (tertiary/aromatic N) is 4. The van der Waals surface area contributed by atoms with Crippen LogP contribution in [-0.2, 0) is 6.61 Å². The Hall–Kier alpha value is -3.52. The molecule has 1 atom stereocenters. The van der Waals surface area contributed by atoms with Crippen LogP contribution in [0.2, 0.25) is 0 Å².